The molecule has 4 unspecified atom stereocenters. The molecule has 0 spiro atoms. The highest BCUT2D eigenvalue weighted by Crippen LogP contribution is 2.30. The zero-order valence-electron chi connectivity index (χ0n) is 16.5. The van der Waals surface area contributed by atoms with Gasteiger partial charge in [0.2, 0.25) is 0 Å². The fourth-order valence-corrected chi connectivity index (χ4v) is 3.16. The number of carboxylic acid groups (broad SMARTS) is 2. The third-order valence-electron chi connectivity index (χ3n) is 5.14. The van der Waals surface area contributed by atoms with Crippen molar-refractivity contribution < 1.29 is 30.0 Å². The van der Waals surface area contributed by atoms with Crippen molar-refractivity contribution in [3.8, 4) is 0 Å². The fraction of sp³-hybridized carbons (Fsp3) is 0.895. The minimum atomic E-state index is -0.878. The first-order valence-corrected chi connectivity index (χ1v) is 9.03. The molecule has 0 saturated heterocycles. The molecular weight excluding hydrogens is 324 g/mol. The second-order valence-corrected chi connectivity index (χ2v) is 8.81. The summed E-state index contributed by atoms with van der Waals surface area (Å²) in [6.45, 7) is 10.3. The van der Waals surface area contributed by atoms with Crippen LogP contribution in [0.2, 0.25) is 0 Å². The van der Waals surface area contributed by atoms with E-state index in [0.717, 1.165) is 0 Å². The Hall–Kier alpha value is -1.14. The van der Waals surface area contributed by atoms with Crippen molar-refractivity contribution in [2.24, 2.45) is 22.7 Å². The van der Waals surface area contributed by atoms with Crippen LogP contribution < -0.4 is 0 Å². The van der Waals surface area contributed by atoms with Crippen molar-refractivity contribution in [1.29, 1.82) is 0 Å². The van der Waals surface area contributed by atoms with E-state index in [-0.39, 0.29) is 11.8 Å². The first kappa shape index (κ1) is 23.9. The first-order chi connectivity index (χ1) is 11.2. The number of hydrogen-bond acceptors (Lipinski definition) is 4. The summed E-state index contributed by atoms with van der Waals surface area (Å²) in [5, 5.41) is 38.8. The van der Waals surface area contributed by atoms with Crippen LogP contribution in [0.5, 0.6) is 0 Å². The molecule has 6 nitrogen and oxygen atoms in total. The number of aliphatic hydroxyl groups excluding tert-OH is 2. The molecule has 0 amide bonds. The van der Waals surface area contributed by atoms with E-state index in [2.05, 4.69) is 0 Å². The molecule has 4 atom stereocenters. The van der Waals surface area contributed by atoms with Crippen LogP contribution in [0.25, 0.3) is 0 Å². The van der Waals surface area contributed by atoms with Gasteiger partial charge in [-0.2, -0.15) is 0 Å². The van der Waals surface area contributed by atoms with E-state index < -0.39 is 35.0 Å². The van der Waals surface area contributed by atoms with Gasteiger partial charge in [-0.1, -0.05) is 13.8 Å². The molecule has 0 aliphatic rings. The molecule has 148 valence electrons. The van der Waals surface area contributed by atoms with E-state index in [9.17, 15) is 19.8 Å². The molecule has 0 aromatic carbocycles. The van der Waals surface area contributed by atoms with Gasteiger partial charge in [0.15, 0.2) is 0 Å². The maximum Gasteiger partial charge on any atom is 0.309 e. The Morgan fingerprint density at radius 1 is 0.760 bits per heavy atom. The van der Waals surface area contributed by atoms with Gasteiger partial charge in [-0.05, 0) is 71.6 Å². The zero-order chi connectivity index (χ0) is 20.0. The Balaban J connectivity index is 4.33. The number of aliphatic hydroxyl groups is 2. The lowest BCUT2D eigenvalue weighted by Crippen LogP contribution is -2.31. The van der Waals surface area contributed by atoms with E-state index in [1.165, 1.54) is 0 Å². The minimum Gasteiger partial charge on any atom is -0.481 e. The summed E-state index contributed by atoms with van der Waals surface area (Å²) in [7, 11) is 0. The molecule has 25 heavy (non-hydrogen) atoms. The van der Waals surface area contributed by atoms with E-state index >= 15 is 0 Å². The lowest BCUT2D eigenvalue weighted by atomic mass is 9.79. The quantitative estimate of drug-likeness (QED) is 0.425. The minimum absolute atomic E-state index is 0.147. The third kappa shape index (κ3) is 8.19. The van der Waals surface area contributed by atoms with Crippen LogP contribution in [0.1, 0.15) is 73.6 Å². The molecule has 6 heteroatoms. The zero-order valence-corrected chi connectivity index (χ0v) is 16.5. The van der Waals surface area contributed by atoms with Crippen molar-refractivity contribution in [3.63, 3.8) is 0 Å². The molecule has 0 saturated carbocycles. The van der Waals surface area contributed by atoms with Gasteiger partial charge < -0.3 is 20.4 Å². The van der Waals surface area contributed by atoms with E-state index in [0.29, 0.717) is 32.1 Å². The number of hydrogen-bond donors (Lipinski definition) is 4. The van der Waals surface area contributed by atoms with Gasteiger partial charge >= 0.3 is 11.9 Å². The molecule has 0 rings (SSSR count). The maximum absolute atomic E-state index is 11.2. The van der Waals surface area contributed by atoms with Crippen molar-refractivity contribution in [2.45, 2.75) is 85.9 Å². The summed E-state index contributed by atoms with van der Waals surface area (Å²) < 4.78 is 0. The highest BCUT2D eigenvalue weighted by atomic mass is 16.4. The van der Waals surface area contributed by atoms with Crippen LogP contribution in [0.15, 0.2) is 0 Å². The average Bonchev–Trinajstić information content (AvgIpc) is 2.45. The van der Waals surface area contributed by atoms with Crippen molar-refractivity contribution >= 4 is 11.9 Å². The summed E-state index contributed by atoms with van der Waals surface area (Å²) in [4.78, 5) is 22.3. The molecular formula is C19H36O6. The smallest absolute Gasteiger partial charge is 0.309 e. The fourth-order valence-electron chi connectivity index (χ4n) is 3.16. The van der Waals surface area contributed by atoms with E-state index in [4.69, 9.17) is 10.2 Å². The van der Waals surface area contributed by atoms with Crippen LogP contribution in [0.4, 0.5) is 0 Å². The molecule has 0 fully saturated rings. The van der Waals surface area contributed by atoms with Gasteiger partial charge in [0.1, 0.15) is 0 Å². The predicted molar refractivity (Wildman–Crippen MR) is 96.3 cm³/mol. The first-order valence-electron chi connectivity index (χ1n) is 9.03. The number of carboxylic acids is 2. The normalized spacial score (nSPS) is 17.6. The summed E-state index contributed by atoms with van der Waals surface area (Å²) >= 11 is 0. The number of aliphatic carboxylic acids is 2. The van der Waals surface area contributed by atoms with Crippen molar-refractivity contribution in [1.82, 2.24) is 0 Å². The van der Waals surface area contributed by atoms with Gasteiger partial charge in [0.05, 0.1) is 23.0 Å². The van der Waals surface area contributed by atoms with Gasteiger partial charge in [0, 0.05) is 0 Å². The standard InChI is InChI=1S/C19H36O6/c1-12(10-18(3,4)16(22)23)14(20)8-7-9-15(21)13(2)11-19(5,6)17(24)25/h12-15,20-21H,7-11H2,1-6H3,(H,22,23)(H,24,25). The van der Waals surface area contributed by atoms with Crippen LogP contribution in [0.3, 0.4) is 0 Å². The summed E-state index contributed by atoms with van der Waals surface area (Å²) in [6.07, 6.45) is 1.13. The Morgan fingerprint density at radius 2 is 1.04 bits per heavy atom. The van der Waals surface area contributed by atoms with E-state index in [1.807, 2.05) is 13.8 Å². The van der Waals surface area contributed by atoms with E-state index in [1.54, 1.807) is 27.7 Å². The lowest BCUT2D eigenvalue weighted by molar-refractivity contribution is -0.149. The van der Waals surface area contributed by atoms with Crippen LogP contribution in [-0.4, -0.2) is 44.6 Å². The van der Waals surface area contributed by atoms with Crippen LogP contribution in [-0.2, 0) is 9.59 Å². The molecule has 0 aromatic heterocycles. The lowest BCUT2D eigenvalue weighted by Gasteiger charge is -2.28. The molecule has 0 radical (unpaired) electrons. The van der Waals surface area contributed by atoms with Gasteiger partial charge in [-0.3, -0.25) is 9.59 Å². The SMILES string of the molecule is CC(CC(C)(C)C(=O)O)C(O)CCCC(O)C(C)CC(C)(C)C(=O)O. The molecule has 0 aliphatic heterocycles. The second-order valence-electron chi connectivity index (χ2n) is 8.81. The Bertz CT molecular complexity index is 403. The number of rotatable bonds is 12. The molecule has 0 aromatic rings. The molecule has 0 aliphatic carbocycles. The Kier molecular flexibility index (Phi) is 9.09. The summed E-state index contributed by atoms with van der Waals surface area (Å²) in [5.74, 6) is -2.05. The van der Waals surface area contributed by atoms with Gasteiger partial charge in [0.25, 0.3) is 0 Å². The maximum atomic E-state index is 11.2. The topological polar surface area (TPSA) is 115 Å². The second kappa shape index (κ2) is 9.53. The van der Waals surface area contributed by atoms with Crippen LogP contribution >= 0.6 is 0 Å². The predicted octanol–water partition coefficient (Wildman–Crippen LogP) is 3.15. The monoisotopic (exact) mass is 360 g/mol. The summed E-state index contributed by atoms with van der Waals surface area (Å²) in [5.41, 5.74) is -1.76. The Morgan fingerprint density at radius 3 is 1.28 bits per heavy atom. The van der Waals surface area contributed by atoms with Crippen LogP contribution in [0, 0.1) is 22.7 Å². The number of carbonyl (C=O) groups is 2. The van der Waals surface area contributed by atoms with Gasteiger partial charge in [-0.15, -0.1) is 0 Å². The van der Waals surface area contributed by atoms with Gasteiger partial charge in [-0.25, -0.2) is 0 Å². The summed E-state index contributed by atoms with van der Waals surface area (Å²) in [6, 6.07) is 0. The largest absolute Gasteiger partial charge is 0.481 e. The highest BCUT2D eigenvalue weighted by molar-refractivity contribution is 5.73. The van der Waals surface area contributed by atoms with Crippen molar-refractivity contribution in [3.05, 3.63) is 0 Å². The average molecular weight is 360 g/mol. The molecule has 0 bridgehead atoms. The Labute approximate surface area is 151 Å². The molecule has 0 heterocycles. The van der Waals surface area contributed by atoms with Crippen molar-refractivity contribution in [2.75, 3.05) is 0 Å². The molecule has 4 N–H and O–H groups in total. The highest BCUT2D eigenvalue weighted by Gasteiger charge is 2.33. The third-order valence-corrected chi connectivity index (χ3v) is 5.14.